The fraction of sp³-hybridized carbons (Fsp3) is 0.438. The maximum absolute atomic E-state index is 12.4. The van der Waals surface area contributed by atoms with Gasteiger partial charge >= 0.3 is 0 Å². The van der Waals surface area contributed by atoms with Gasteiger partial charge in [0.1, 0.15) is 17.9 Å². The molecule has 2 N–H and O–H groups in total. The number of carbonyl (C=O) groups excluding carboxylic acids is 1. The number of nitrogens with one attached hydrogen (secondary N) is 1. The van der Waals surface area contributed by atoms with Crippen molar-refractivity contribution in [3.8, 4) is 5.75 Å². The van der Waals surface area contributed by atoms with Crippen molar-refractivity contribution >= 4 is 5.91 Å². The third-order valence-corrected chi connectivity index (χ3v) is 4.22. The summed E-state index contributed by atoms with van der Waals surface area (Å²) in [7, 11) is 0. The third kappa shape index (κ3) is 2.68. The second-order valence-electron chi connectivity index (χ2n) is 5.52. The average Bonchev–Trinajstić information content (AvgIpc) is 3.14. The zero-order chi connectivity index (χ0) is 15.5. The lowest BCUT2D eigenvalue weighted by atomic mass is 9.99. The van der Waals surface area contributed by atoms with E-state index in [4.69, 9.17) is 0 Å². The predicted molar refractivity (Wildman–Crippen MR) is 81.6 cm³/mol. The van der Waals surface area contributed by atoms with Crippen LogP contribution in [-0.4, -0.2) is 32.3 Å². The molecule has 3 rings (SSSR count). The van der Waals surface area contributed by atoms with Crippen LogP contribution in [0.2, 0.25) is 0 Å². The van der Waals surface area contributed by atoms with Crippen molar-refractivity contribution in [1.29, 1.82) is 0 Å². The number of rotatable bonds is 5. The molecule has 0 saturated carbocycles. The lowest BCUT2D eigenvalue weighted by Crippen LogP contribution is -2.30. The summed E-state index contributed by atoms with van der Waals surface area (Å²) >= 11 is 0. The molecule has 0 aliphatic heterocycles. The summed E-state index contributed by atoms with van der Waals surface area (Å²) in [5, 5.41) is 20.9. The van der Waals surface area contributed by atoms with Crippen molar-refractivity contribution in [2.45, 2.75) is 38.6 Å². The third-order valence-electron chi connectivity index (χ3n) is 4.22. The van der Waals surface area contributed by atoms with Gasteiger partial charge in [-0.05, 0) is 31.4 Å². The first-order chi connectivity index (χ1) is 10.7. The highest BCUT2D eigenvalue weighted by molar-refractivity contribution is 5.85. The monoisotopic (exact) mass is 300 g/mol. The van der Waals surface area contributed by atoms with E-state index < -0.39 is 0 Å². The largest absolute Gasteiger partial charge is 0.508 e. The summed E-state index contributed by atoms with van der Waals surface area (Å²) < 4.78 is 1.96. The molecule has 0 spiro atoms. The first-order valence-corrected chi connectivity index (χ1v) is 7.65. The Morgan fingerprint density at radius 2 is 2.36 bits per heavy atom. The van der Waals surface area contributed by atoms with E-state index in [0.717, 1.165) is 36.3 Å². The summed E-state index contributed by atoms with van der Waals surface area (Å²) in [5.74, 6) is 0.821. The maximum Gasteiger partial charge on any atom is 0.227 e. The molecule has 1 amide bonds. The van der Waals surface area contributed by atoms with Crippen LogP contribution in [0.4, 0.5) is 0 Å². The molecule has 2 aromatic rings. The smallest absolute Gasteiger partial charge is 0.227 e. The molecule has 1 aromatic carbocycles. The van der Waals surface area contributed by atoms with E-state index in [1.165, 1.54) is 0 Å². The number of nitrogens with zero attached hydrogens (tertiary/aromatic N) is 3. The van der Waals surface area contributed by atoms with E-state index in [1.54, 1.807) is 12.4 Å². The molecular weight excluding hydrogens is 280 g/mol. The number of benzene rings is 1. The Morgan fingerprint density at radius 1 is 1.50 bits per heavy atom. The van der Waals surface area contributed by atoms with E-state index in [-0.39, 0.29) is 17.6 Å². The summed E-state index contributed by atoms with van der Waals surface area (Å²) in [6.45, 7) is 3.38. The molecule has 1 heterocycles. The van der Waals surface area contributed by atoms with Gasteiger partial charge in [0.25, 0.3) is 0 Å². The van der Waals surface area contributed by atoms with Gasteiger partial charge in [0, 0.05) is 25.1 Å². The molecule has 6 heteroatoms. The van der Waals surface area contributed by atoms with Crippen molar-refractivity contribution in [3.05, 3.63) is 41.5 Å². The van der Waals surface area contributed by atoms with Crippen molar-refractivity contribution in [3.63, 3.8) is 0 Å². The highest BCUT2D eigenvalue weighted by Gasteiger charge is 2.30. The standard InChI is InChI=1S/C16H20N4O2/c1-2-20-10-18-19-14(20)8-9-17-16(22)12-7-6-11-4-3-5-13(21)15(11)12/h3-5,10,12,21H,2,6-9H2,1H3,(H,17,22). The lowest BCUT2D eigenvalue weighted by molar-refractivity contribution is -0.122. The molecule has 0 fully saturated rings. The van der Waals surface area contributed by atoms with Gasteiger partial charge < -0.3 is 15.0 Å². The van der Waals surface area contributed by atoms with E-state index in [0.29, 0.717) is 13.0 Å². The highest BCUT2D eigenvalue weighted by atomic mass is 16.3. The van der Waals surface area contributed by atoms with E-state index in [1.807, 2.05) is 23.6 Å². The number of phenols is 1. The Morgan fingerprint density at radius 3 is 3.18 bits per heavy atom. The molecule has 1 aliphatic carbocycles. The van der Waals surface area contributed by atoms with Gasteiger partial charge in [0.15, 0.2) is 0 Å². The summed E-state index contributed by atoms with van der Waals surface area (Å²) in [5.41, 5.74) is 1.86. The summed E-state index contributed by atoms with van der Waals surface area (Å²) in [6.07, 6.45) is 3.94. The van der Waals surface area contributed by atoms with Gasteiger partial charge in [-0.15, -0.1) is 10.2 Å². The van der Waals surface area contributed by atoms with Crippen molar-refractivity contribution in [1.82, 2.24) is 20.1 Å². The zero-order valence-corrected chi connectivity index (χ0v) is 12.6. The fourth-order valence-corrected chi connectivity index (χ4v) is 3.08. The minimum atomic E-state index is -0.250. The molecule has 6 nitrogen and oxygen atoms in total. The number of hydrogen-bond acceptors (Lipinski definition) is 4. The number of aromatic hydroxyl groups is 1. The van der Waals surface area contributed by atoms with Crippen LogP contribution in [0, 0.1) is 0 Å². The molecule has 116 valence electrons. The van der Waals surface area contributed by atoms with Gasteiger partial charge in [-0.1, -0.05) is 12.1 Å². The topological polar surface area (TPSA) is 80.0 Å². The Labute approximate surface area is 129 Å². The normalized spacial score (nSPS) is 16.5. The Hall–Kier alpha value is -2.37. The van der Waals surface area contributed by atoms with E-state index in [2.05, 4.69) is 15.5 Å². The molecular formula is C16H20N4O2. The van der Waals surface area contributed by atoms with Crippen molar-refractivity contribution in [2.24, 2.45) is 0 Å². The number of phenolic OH excluding ortho intramolecular Hbond substituents is 1. The van der Waals surface area contributed by atoms with Crippen LogP contribution in [0.15, 0.2) is 24.5 Å². The second-order valence-corrected chi connectivity index (χ2v) is 5.52. The Balaban J connectivity index is 1.60. The van der Waals surface area contributed by atoms with Crippen LogP contribution in [0.5, 0.6) is 5.75 Å². The highest BCUT2D eigenvalue weighted by Crippen LogP contribution is 2.38. The number of amides is 1. The van der Waals surface area contributed by atoms with Gasteiger partial charge in [-0.3, -0.25) is 4.79 Å². The average molecular weight is 300 g/mol. The number of aryl methyl sites for hydroxylation is 2. The van der Waals surface area contributed by atoms with Crippen LogP contribution in [0.1, 0.15) is 36.2 Å². The summed E-state index contributed by atoms with van der Waals surface area (Å²) in [4.78, 5) is 12.4. The number of hydrogen-bond donors (Lipinski definition) is 2. The molecule has 0 saturated heterocycles. The SMILES string of the molecule is CCn1cnnc1CCNC(=O)C1CCc2cccc(O)c21. The minimum Gasteiger partial charge on any atom is -0.508 e. The fourth-order valence-electron chi connectivity index (χ4n) is 3.08. The summed E-state index contributed by atoms with van der Waals surface area (Å²) in [6, 6.07) is 5.45. The van der Waals surface area contributed by atoms with Gasteiger partial charge in [-0.2, -0.15) is 0 Å². The predicted octanol–water partition coefficient (Wildman–Crippen LogP) is 1.39. The van der Waals surface area contributed by atoms with E-state index in [9.17, 15) is 9.90 Å². The van der Waals surface area contributed by atoms with Gasteiger partial charge in [0.05, 0.1) is 5.92 Å². The minimum absolute atomic E-state index is 0.0252. The van der Waals surface area contributed by atoms with Crippen LogP contribution in [0.3, 0.4) is 0 Å². The van der Waals surface area contributed by atoms with Gasteiger partial charge in [0.2, 0.25) is 5.91 Å². The molecule has 1 atom stereocenters. The number of fused-ring (bicyclic) bond motifs is 1. The Bertz CT molecular complexity index is 681. The molecule has 0 bridgehead atoms. The Kier molecular flexibility index (Phi) is 4.09. The van der Waals surface area contributed by atoms with Crippen LogP contribution >= 0.6 is 0 Å². The lowest BCUT2D eigenvalue weighted by Gasteiger charge is -2.13. The molecule has 1 unspecified atom stereocenters. The maximum atomic E-state index is 12.4. The van der Waals surface area contributed by atoms with Crippen LogP contribution in [-0.2, 0) is 24.2 Å². The first-order valence-electron chi connectivity index (χ1n) is 7.65. The molecule has 22 heavy (non-hydrogen) atoms. The number of carbonyl (C=O) groups is 1. The van der Waals surface area contributed by atoms with Gasteiger partial charge in [-0.25, -0.2) is 0 Å². The van der Waals surface area contributed by atoms with E-state index >= 15 is 0 Å². The zero-order valence-electron chi connectivity index (χ0n) is 12.6. The first kappa shape index (κ1) is 14.6. The molecule has 0 radical (unpaired) electrons. The molecule has 1 aromatic heterocycles. The quantitative estimate of drug-likeness (QED) is 0.874. The van der Waals surface area contributed by atoms with Crippen LogP contribution in [0.25, 0.3) is 0 Å². The van der Waals surface area contributed by atoms with Crippen molar-refractivity contribution in [2.75, 3.05) is 6.54 Å². The van der Waals surface area contributed by atoms with Crippen LogP contribution < -0.4 is 5.32 Å². The molecule has 1 aliphatic rings. The van der Waals surface area contributed by atoms with Crippen molar-refractivity contribution < 1.29 is 9.90 Å². The number of aromatic nitrogens is 3. The second kappa shape index (κ2) is 6.17.